The zero-order valence-electron chi connectivity index (χ0n) is 17.9. The molecule has 1 fully saturated rings. The fourth-order valence-electron chi connectivity index (χ4n) is 3.95. The first kappa shape index (κ1) is 20.8. The summed E-state index contributed by atoms with van der Waals surface area (Å²) in [6, 6.07) is 9.26. The standard InChI is InChI=1S/C23H27N5O3/c1-3-10-28-20-19(22(30)26-23(28)31)13-16(14-24-20)21(29)25-17-4-6-18(7-5-17)27-11-8-15(2)9-12-27/h4-7,13-15H,3,8-12H2,1-2H3,(H,25,29)(H,26,30,31). The van der Waals surface area contributed by atoms with Gasteiger partial charge >= 0.3 is 5.69 Å². The van der Waals surface area contributed by atoms with E-state index < -0.39 is 11.2 Å². The number of hydrogen-bond donors (Lipinski definition) is 2. The first-order chi connectivity index (χ1) is 15.0. The van der Waals surface area contributed by atoms with Crippen LogP contribution in [0.25, 0.3) is 11.0 Å². The van der Waals surface area contributed by atoms with Crippen LogP contribution in [0.3, 0.4) is 0 Å². The molecule has 1 aliphatic rings. The Morgan fingerprint density at radius 2 is 1.90 bits per heavy atom. The molecule has 31 heavy (non-hydrogen) atoms. The third kappa shape index (κ3) is 4.38. The maximum atomic E-state index is 12.7. The third-order valence-corrected chi connectivity index (χ3v) is 5.82. The number of aromatic nitrogens is 3. The predicted octanol–water partition coefficient (Wildman–Crippen LogP) is 2.98. The summed E-state index contributed by atoms with van der Waals surface area (Å²) in [5, 5.41) is 3.07. The van der Waals surface area contributed by atoms with E-state index in [1.807, 2.05) is 31.2 Å². The highest BCUT2D eigenvalue weighted by Crippen LogP contribution is 2.24. The number of hydrogen-bond acceptors (Lipinski definition) is 5. The fourth-order valence-corrected chi connectivity index (χ4v) is 3.95. The Kier molecular flexibility index (Phi) is 5.88. The number of amides is 1. The van der Waals surface area contributed by atoms with Gasteiger partial charge in [-0.1, -0.05) is 13.8 Å². The molecule has 4 rings (SSSR count). The highest BCUT2D eigenvalue weighted by molar-refractivity contribution is 6.05. The minimum atomic E-state index is -0.547. The van der Waals surface area contributed by atoms with Crippen LogP contribution in [-0.2, 0) is 6.54 Å². The summed E-state index contributed by atoms with van der Waals surface area (Å²) in [4.78, 5) is 45.9. The Bertz CT molecular complexity index is 1200. The number of carbonyl (C=O) groups is 1. The molecule has 0 radical (unpaired) electrons. The molecule has 1 aliphatic heterocycles. The lowest BCUT2D eigenvalue weighted by Crippen LogP contribution is -2.32. The summed E-state index contributed by atoms with van der Waals surface area (Å²) in [6.45, 7) is 6.75. The van der Waals surface area contributed by atoms with E-state index in [-0.39, 0.29) is 22.5 Å². The van der Waals surface area contributed by atoms with Gasteiger partial charge in [0.15, 0.2) is 0 Å². The van der Waals surface area contributed by atoms with Crippen LogP contribution in [0, 0.1) is 5.92 Å². The lowest BCUT2D eigenvalue weighted by molar-refractivity contribution is 0.102. The molecule has 1 aromatic carbocycles. The van der Waals surface area contributed by atoms with E-state index in [4.69, 9.17) is 0 Å². The van der Waals surface area contributed by atoms with Crippen LogP contribution in [0.4, 0.5) is 11.4 Å². The van der Waals surface area contributed by atoms with E-state index in [0.717, 1.165) is 31.1 Å². The van der Waals surface area contributed by atoms with Crippen molar-refractivity contribution in [2.24, 2.45) is 5.92 Å². The molecule has 0 aliphatic carbocycles. The molecule has 1 amide bonds. The van der Waals surface area contributed by atoms with E-state index in [2.05, 4.69) is 27.1 Å². The average molecular weight is 422 g/mol. The van der Waals surface area contributed by atoms with Gasteiger partial charge in [0.2, 0.25) is 0 Å². The second kappa shape index (κ2) is 8.75. The minimum absolute atomic E-state index is 0.218. The number of nitrogens with zero attached hydrogens (tertiary/aromatic N) is 3. The number of fused-ring (bicyclic) bond motifs is 1. The molecule has 3 aromatic rings. The van der Waals surface area contributed by atoms with E-state index in [0.29, 0.717) is 12.2 Å². The van der Waals surface area contributed by atoms with Crippen molar-refractivity contribution in [2.45, 2.75) is 39.7 Å². The zero-order valence-corrected chi connectivity index (χ0v) is 17.9. The minimum Gasteiger partial charge on any atom is -0.372 e. The van der Waals surface area contributed by atoms with E-state index in [1.165, 1.54) is 29.7 Å². The Labute approximate surface area is 179 Å². The van der Waals surface area contributed by atoms with Gasteiger partial charge in [0.25, 0.3) is 11.5 Å². The molecule has 8 heteroatoms. The number of H-pyrrole nitrogens is 1. The van der Waals surface area contributed by atoms with Crippen LogP contribution in [0.2, 0.25) is 0 Å². The Balaban J connectivity index is 1.53. The second-order valence-corrected chi connectivity index (χ2v) is 8.18. The van der Waals surface area contributed by atoms with Gasteiger partial charge < -0.3 is 10.2 Å². The average Bonchev–Trinajstić information content (AvgIpc) is 2.77. The van der Waals surface area contributed by atoms with Crippen molar-refractivity contribution in [1.29, 1.82) is 0 Å². The van der Waals surface area contributed by atoms with Gasteiger partial charge in [0.05, 0.1) is 10.9 Å². The highest BCUT2D eigenvalue weighted by Gasteiger charge is 2.16. The molecule has 2 N–H and O–H groups in total. The molecule has 8 nitrogen and oxygen atoms in total. The summed E-state index contributed by atoms with van der Waals surface area (Å²) in [6.07, 6.45) is 4.50. The number of nitrogens with one attached hydrogen (secondary N) is 2. The normalized spacial score (nSPS) is 14.7. The quantitative estimate of drug-likeness (QED) is 0.660. The first-order valence-corrected chi connectivity index (χ1v) is 10.8. The van der Waals surface area contributed by atoms with Crippen molar-refractivity contribution >= 4 is 28.3 Å². The van der Waals surface area contributed by atoms with Gasteiger partial charge in [-0.15, -0.1) is 0 Å². The highest BCUT2D eigenvalue weighted by atomic mass is 16.2. The van der Waals surface area contributed by atoms with E-state index in [9.17, 15) is 14.4 Å². The van der Waals surface area contributed by atoms with Gasteiger partial charge in [-0.05, 0) is 55.5 Å². The topological polar surface area (TPSA) is 100 Å². The smallest absolute Gasteiger partial charge is 0.329 e. The van der Waals surface area contributed by atoms with Crippen LogP contribution in [0.5, 0.6) is 0 Å². The summed E-state index contributed by atoms with van der Waals surface area (Å²) in [5.74, 6) is 0.413. The molecule has 3 heterocycles. The molecule has 0 atom stereocenters. The number of rotatable bonds is 5. The molecule has 2 aromatic heterocycles. The van der Waals surface area contributed by atoms with Crippen molar-refractivity contribution in [3.63, 3.8) is 0 Å². The summed E-state index contributed by atoms with van der Waals surface area (Å²) < 4.78 is 1.42. The van der Waals surface area contributed by atoms with Crippen molar-refractivity contribution in [2.75, 3.05) is 23.3 Å². The maximum Gasteiger partial charge on any atom is 0.329 e. The number of aromatic amines is 1. The lowest BCUT2D eigenvalue weighted by atomic mass is 9.99. The monoisotopic (exact) mass is 421 g/mol. The molecule has 162 valence electrons. The number of aryl methyl sites for hydroxylation is 1. The number of piperidine rings is 1. The van der Waals surface area contributed by atoms with Crippen molar-refractivity contribution in [3.05, 3.63) is 62.9 Å². The van der Waals surface area contributed by atoms with E-state index >= 15 is 0 Å². The molecule has 0 spiro atoms. The Morgan fingerprint density at radius 1 is 1.19 bits per heavy atom. The second-order valence-electron chi connectivity index (χ2n) is 8.18. The lowest BCUT2D eigenvalue weighted by Gasteiger charge is -2.32. The molecule has 0 saturated carbocycles. The summed E-state index contributed by atoms with van der Waals surface area (Å²) in [5.41, 5.74) is 1.32. The zero-order chi connectivity index (χ0) is 22.0. The molecular formula is C23H27N5O3. The molecule has 0 unspecified atom stereocenters. The number of pyridine rings is 1. The molecular weight excluding hydrogens is 394 g/mol. The fraction of sp³-hybridized carbons (Fsp3) is 0.391. The maximum absolute atomic E-state index is 12.7. The van der Waals surface area contributed by atoms with Crippen LogP contribution >= 0.6 is 0 Å². The number of carbonyl (C=O) groups excluding carboxylic acids is 1. The van der Waals surface area contributed by atoms with Crippen molar-refractivity contribution in [1.82, 2.24) is 14.5 Å². The number of benzene rings is 1. The van der Waals surface area contributed by atoms with Gasteiger partial charge in [-0.2, -0.15) is 0 Å². The summed E-state index contributed by atoms with van der Waals surface area (Å²) in [7, 11) is 0. The van der Waals surface area contributed by atoms with Crippen molar-refractivity contribution < 1.29 is 4.79 Å². The number of anilines is 2. The van der Waals surface area contributed by atoms with Crippen LogP contribution in [0.1, 0.15) is 43.5 Å². The Hall–Kier alpha value is -3.42. The van der Waals surface area contributed by atoms with E-state index in [1.54, 1.807) is 0 Å². The Morgan fingerprint density at radius 3 is 2.58 bits per heavy atom. The SMILES string of the molecule is CCCn1c(=O)[nH]c(=O)c2cc(C(=O)Nc3ccc(N4CCC(C)CC4)cc3)cnc21. The van der Waals surface area contributed by atoms with Gasteiger partial charge in [-0.25, -0.2) is 9.78 Å². The van der Waals surface area contributed by atoms with Crippen LogP contribution in [-0.4, -0.2) is 33.5 Å². The molecule has 1 saturated heterocycles. The first-order valence-electron chi connectivity index (χ1n) is 10.8. The predicted molar refractivity (Wildman–Crippen MR) is 122 cm³/mol. The third-order valence-electron chi connectivity index (χ3n) is 5.82. The largest absolute Gasteiger partial charge is 0.372 e. The van der Waals surface area contributed by atoms with Gasteiger partial charge in [0.1, 0.15) is 5.65 Å². The van der Waals surface area contributed by atoms with Crippen LogP contribution in [0.15, 0.2) is 46.1 Å². The van der Waals surface area contributed by atoms with Gasteiger partial charge in [0, 0.05) is 37.2 Å². The van der Waals surface area contributed by atoms with Gasteiger partial charge in [-0.3, -0.25) is 19.1 Å². The van der Waals surface area contributed by atoms with Crippen molar-refractivity contribution in [3.8, 4) is 0 Å². The summed E-state index contributed by atoms with van der Waals surface area (Å²) >= 11 is 0. The van der Waals surface area contributed by atoms with Crippen LogP contribution < -0.4 is 21.5 Å². The molecule has 0 bridgehead atoms.